The molecule has 2 rings (SSSR count). The molecule has 110 valence electrons. The van der Waals surface area contributed by atoms with Crippen molar-refractivity contribution in [3.8, 4) is 0 Å². The standard InChI is InChI=1S/C16H25N3O/c1-12(15(20)18-17)14-7-5-13(6-8-14)11-19-10-4-9-16(19,2)3/h5-8,12H,4,9-11,17H2,1-3H3,(H,18,20). The van der Waals surface area contributed by atoms with Crippen molar-refractivity contribution >= 4 is 5.91 Å². The minimum atomic E-state index is -0.211. The van der Waals surface area contributed by atoms with Crippen LogP contribution in [-0.2, 0) is 11.3 Å². The SMILES string of the molecule is CC(C(=O)NN)c1ccc(CN2CCCC2(C)C)cc1. The first-order chi connectivity index (χ1) is 9.44. The molecule has 1 atom stereocenters. The van der Waals surface area contributed by atoms with Gasteiger partial charge in [0.15, 0.2) is 0 Å². The fraction of sp³-hybridized carbons (Fsp3) is 0.562. The van der Waals surface area contributed by atoms with Crippen LogP contribution in [0.25, 0.3) is 0 Å². The van der Waals surface area contributed by atoms with Crippen LogP contribution in [0.15, 0.2) is 24.3 Å². The second kappa shape index (κ2) is 5.94. The van der Waals surface area contributed by atoms with Crippen LogP contribution >= 0.6 is 0 Å². The van der Waals surface area contributed by atoms with Crippen LogP contribution in [-0.4, -0.2) is 22.9 Å². The number of carbonyl (C=O) groups is 1. The van der Waals surface area contributed by atoms with E-state index in [2.05, 4.69) is 36.3 Å². The van der Waals surface area contributed by atoms with E-state index in [1.165, 1.54) is 24.9 Å². The van der Waals surface area contributed by atoms with Crippen molar-refractivity contribution in [3.63, 3.8) is 0 Å². The molecule has 1 unspecified atom stereocenters. The van der Waals surface area contributed by atoms with E-state index in [1.807, 2.05) is 19.1 Å². The number of hydrogen-bond acceptors (Lipinski definition) is 3. The van der Waals surface area contributed by atoms with Gasteiger partial charge in [-0.3, -0.25) is 15.1 Å². The highest BCUT2D eigenvalue weighted by Crippen LogP contribution is 2.29. The number of nitrogens with zero attached hydrogens (tertiary/aromatic N) is 1. The molecule has 1 aliphatic heterocycles. The molecule has 0 radical (unpaired) electrons. The number of rotatable bonds is 4. The fourth-order valence-electron chi connectivity index (χ4n) is 2.86. The molecule has 1 amide bonds. The van der Waals surface area contributed by atoms with E-state index in [-0.39, 0.29) is 11.8 Å². The monoisotopic (exact) mass is 275 g/mol. The fourth-order valence-corrected chi connectivity index (χ4v) is 2.86. The second-order valence-electron chi connectivity index (χ2n) is 6.31. The van der Waals surface area contributed by atoms with Crippen molar-refractivity contribution in [1.82, 2.24) is 10.3 Å². The maximum absolute atomic E-state index is 11.5. The molecule has 1 fully saturated rings. The van der Waals surface area contributed by atoms with E-state index in [9.17, 15) is 4.79 Å². The van der Waals surface area contributed by atoms with Gasteiger partial charge in [0, 0.05) is 12.1 Å². The molecule has 1 saturated heterocycles. The van der Waals surface area contributed by atoms with Gasteiger partial charge in [-0.15, -0.1) is 0 Å². The summed E-state index contributed by atoms with van der Waals surface area (Å²) in [6, 6.07) is 8.28. The number of amides is 1. The highest BCUT2D eigenvalue weighted by molar-refractivity contribution is 5.82. The number of nitrogens with two attached hydrogens (primary N) is 1. The van der Waals surface area contributed by atoms with Crippen molar-refractivity contribution in [1.29, 1.82) is 0 Å². The molecule has 4 nitrogen and oxygen atoms in total. The molecule has 0 aromatic heterocycles. The first kappa shape index (κ1) is 15.0. The number of hydrogen-bond donors (Lipinski definition) is 2. The van der Waals surface area contributed by atoms with E-state index in [0.717, 1.165) is 12.1 Å². The van der Waals surface area contributed by atoms with Crippen molar-refractivity contribution in [2.24, 2.45) is 5.84 Å². The van der Waals surface area contributed by atoms with Crippen LogP contribution in [0.3, 0.4) is 0 Å². The van der Waals surface area contributed by atoms with E-state index in [1.54, 1.807) is 0 Å². The molecule has 1 heterocycles. The zero-order chi connectivity index (χ0) is 14.8. The smallest absolute Gasteiger partial charge is 0.241 e. The Bertz CT molecular complexity index is 467. The van der Waals surface area contributed by atoms with Crippen molar-refractivity contribution in [3.05, 3.63) is 35.4 Å². The lowest BCUT2D eigenvalue weighted by Gasteiger charge is -2.31. The molecule has 3 N–H and O–H groups in total. The third kappa shape index (κ3) is 3.19. The van der Waals surface area contributed by atoms with Crippen molar-refractivity contribution in [2.45, 2.75) is 51.6 Å². The van der Waals surface area contributed by atoms with Crippen LogP contribution in [0.1, 0.15) is 50.7 Å². The maximum Gasteiger partial charge on any atom is 0.241 e. The molecule has 20 heavy (non-hydrogen) atoms. The van der Waals surface area contributed by atoms with E-state index in [0.29, 0.717) is 5.54 Å². The van der Waals surface area contributed by atoms with Gasteiger partial charge in [0.25, 0.3) is 0 Å². The Morgan fingerprint density at radius 1 is 1.40 bits per heavy atom. The van der Waals surface area contributed by atoms with Gasteiger partial charge < -0.3 is 0 Å². The molecule has 1 aromatic rings. The maximum atomic E-state index is 11.5. The van der Waals surface area contributed by atoms with Crippen LogP contribution in [0.4, 0.5) is 0 Å². The lowest BCUT2D eigenvalue weighted by atomic mass is 9.98. The van der Waals surface area contributed by atoms with Gasteiger partial charge in [0.2, 0.25) is 5.91 Å². The Morgan fingerprint density at radius 3 is 2.55 bits per heavy atom. The molecule has 0 spiro atoms. The van der Waals surface area contributed by atoms with Gasteiger partial charge in [0.05, 0.1) is 5.92 Å². The minimum Gasteiger partial charge on any atom is -0.294 e. The van der Waals surface area contributed by atoms with Gasteiger partial charge in [-0.05, 0) is 51.3 Å². The first-order valence-electron chi connectivity index (χ1n) is 7.28. The van der Waals surface area contributed by atoms with Crippen LogP contribution < -0.4 is 11.3 Å². The normalized spacial score (nSPS) is 19.8. The van der Waals surface area contributed by atoms with Crippen LogP contribution in [0, 0.1) is 0 Å². The van der Waals surface area contributed by atoms with Gasteiger partial charge in [-0.1, -0.05) is 24.3 Å². The molecule has 0 aliphatic carbocycles. The average Bonchev–Trinajstić information content (AvgIpc) is 2.77. The molecule has 4 heteroatoms. The zero-order valence-electron chi connectivity index (χ0n) is 12.6. The Kier molecular flexibility index (Phi) is 4.45. The number of likely N-dealkylation sites (tertiary alicyclic amines) is 1. The van der Waals surface area contributed by atoms with E-state index >= 15 is 0 Å². The Labute approximate surface area is 121 Å². The summed E-state index contributed by atoms with van der Waals surface area (Å²) in [6.07, 6.45) is 2.54. The summed E-state index contributed by atoms with van der Waals surface area (Å²) in [4.78, 5) is 14.0. The lowest BCUT2D eigenvalue weighted by Crippen LogP contribution is -2.37. The number of benzene rings is 1. The lowest BCUT2D eigenvalue weighted by molar-refractivity contribution is -0.122. The van der Waals surface area contributed by atoms with Crippen LogP contribution in [0.2, 0.25) is 0 Å². The van der Waals surface area contributed by atoms with E-state index < -0.39 is 0 Å². The zero-order valence-corrected chi connectivity index (χ0v) is 12.6. The molecule has 0 saturated carbocycles. The van der Waals surface area contributed by atoms with Gasteiger partial charge in [0.1, 0.15) is 0 Å². The summed E-state index contributed by atoms with van der Waals surface area (Å²) in [7, 11) is 0. The summed E-state index contributed by atoms with van der Waals surface area (Å²) < 4.78 is 0. The van der Waals surface area contributed by atoms with Gasteiger partial charge in [-0.2, -0.15) is 0 Å². The average molecular weight is 275 g/mol. The molecule has 0 bridgehead atoms. The third-order valence-electron chi connectivity index (χ3n) is 4.46. The summed E-state index contributed by atoms with van der Waals surface area (Å²) >= 11 is 0. The summed E-state index contributed by atoms with van der Waals surface area (Å²) in [5.74, 6) is 4.81. The molecular formula is C16H25N3O. The van der Waals surface area contributed by atoms with Crippen molar-refractivity contribution < 1.29 is 4.79 Å². The molecular weight excluding hydrogens is 250 g/mol. The predicted molar refractivity (Wildman–Crippen MR) is 80.9 cm³/mol. The Balaban J connectivity index is 2.03. The largest absolute Gasteiger partial charge is 0.294 e. The second-order valence-corrected chi connectivity index (χ2v) is 6.31. The molecule has 1 aromatic carbocycles. The minimum absolute atomic E-state index is 0.154. The van der Waals surface area contributed by atoms with E-state index in [4.69, 9.17) is 5.84 Å². The summed E-state index contributed by atoms with van der Waals surface area (Å²) in [5.41, 5.74) is 4.79. The highest BCUT2D eigenvalue weighted by Gasteiger charge is 2.31. The van der Waals surface area contributed by atoms with Crippen LogP contribution in [0.5, 0.6) is 0 Å². The van der Waals surface area contributed by atoms with Crippen molar-refractivity contribution in [2.75, 3.05) is 6.54 Å². The van der Waals surface area contributed by atoms with Gasteiger partial charge in [-0.25, -0.2) is 5.84 Å². The summed E-state index contributed by atoms with van der Waals surface area (Å²) in [6.45, 7) is 8.62. The van der Waals surface area contributed by atoms with Gasteiger partial charge >= 0.3 is 0 Å². The Hall–Kier alpha value is -1.39. The number of nitrogens with one attached hydrogen (secondary N) is 1. The Morgan fingerprint density at radius 2 is 2.05 bits per heavy atom. The molecule has 1 aliphatic rings. The topological polar surface area (TPSA) is 58.4 Å². The predicted octanol–water partition coefficient (Wildman–Crippen LogP) is 2.15. The quantitative estimate of drug-likeness (QED) is 0.503. The summed E-state index contributed by atoms with van der Waals surface area (Å²) in [5, 5.41) is 0. The third-order valence-corrected chi connectivity index (χ3v) is 4.46. The highest BCUT2D eigenvalue weighted by atomic mass is 16.2. The number of hydrazine groups is 1. The number of carbonyl (C=O) groups excluding carboxylic acids is 1. The first-order valence-corrected chi connectivity index (χ1v) is 7.28.